The fourth-order valence-electron chi connectivity index (χ4n) is 3.46. The molecule has 0 atom stereocenters. The number of piperidine rings is 1. The van der Waals surface area contributed by atoms with E-state index in [0.717, 1.165) is 51.5 Å². The number of nitrogens with one attached hydrogen (secondary N) is 1. The van der Waals surface area contributed by atoms with Crippen LogP contribution in [0.4, 0.5) is 16.3 Å². The molecule has 0 radical (unpaired) electrons. The number of aromatic nitrogens is 2. The molecule has 1 fully saturated rings. The van der Waals surface area contributed by atoms with Crippen molar-refractivity contribution in [3.05, 3.63) is 57.6 Å². The van der Waals surface area contributed by atoms with Crippen LogP contribution in [0, 0.1) is 0 Å². The zero-order chi connectivity index (χ0) is 20.4. The van der Waals surface area contributed by atoms with Crippen molar-refractivity contribution >= 4 is 73.0 Å². The highest BCUT2D eigenvalue weighted by Gasteiger charge is 2.24. The number of halogens is 2. The first-order valence-corrected chi connectivity index (χ1v) is 11.2. The zero-order valence-electron chi connectivity index (χ0n) is 15.4. The van der Waals surface area contributed by atoms with Crippen LogP contribution in [0.5, 0.6) is 0 Å². The summed E-state index contributed by atoms with van der Waals surface area (Å²) in [5.41, 5.74) is 0.717. The second kappa shape index (κ2) is 8.89. The fraction of sp³-hybridized carbons (Fsp3) is 0.250. The molecule has 4 rings (SSSR count). The first-order valence-electron chi connectivity index (χ1n) is 9.22. The summed E-state index contributed by atoms with van der Waals surface area (Å²) in [7, 11) is 0. The lowest BCUT2D eigenvalue weighted by Crippen LogP contribution is -2.47. The van der Waals surface area contributed by atoms with Crippen molar-refractivity contribution in [3.63, 3.8) is 0 Å². The second-order valence-electron chi connectivity index (χ2n) is 6.90. The zero-order valence-corrected chi connectivity index (χ0v) is 19.5. The number of fused-ring (bicyclic) bond motifs is 1. The summed E-state index contributed by atoms with van der Waals surface area (Å²) in [6.45, 7) is 1.60. The predicted molar refractivity (Wildman–Crippen MR) is 127 cm³/mol. The maximum atomic E-state index is 12.6. The molecule has 150 valence electrons. The van der Waals surface area contributed by atoms with Crippen molar-refractivity contribution in [1.82, 2.24) is 15.5 Å². The van der Waals surface area contributed by atoms with Crippen LogP contribution >= 0.6 is 44.7 Å². The lowest BCUT2D eigenvalue weighted by Gasteiger charge is -2.34. The molecule has 29 heavy (non-hydrogen) atoms. The monoisotopic (exact) mass is 535 g/mol. The summed E-state index contributed by atoms with van der Waals surface area (Å²) in [4.78, 5) is 14.8. The lowest BCUT2D eigenvalue weighted by atomic mass is 10.0. The van der Waals surface area contributed by atoms with Gasteiger partial charge in [0, 0.05) is 38.8 Å². The highest BCUT2D eigenvalue weighted by molar-refractivity contribution is 9.10. The Morgan fingerprint density at radius 2 is 1.90 bits per heavy atom. The van der Waals surface area contributed by atoms with Crippen LogP contribution in [0.25, 0.3) is 10.8 Å². The molecular formula is C20H19Br2N5OS. The third kappa shape index (κ3) is 4.67. The van der Waals surface area contributed by atoms with Gasteiger partial charge in [-0.15, -0.1) is 5.10 Å². The maximum Gasteiger partial charge on any atom is 0.332 e. The van der Waals surface area contributed by atoms with E-state index in [0.29, 0.717) is 5.69 Å². The first kappa shape index (κ1) is 20.4. The quantitative estimate of drug-likeness (QED) is 0.452. The average Bonchev–Trinajstić information content (AvgIpc) is 2.73. The largest absolute Gasteiger partial charge is 0.354 e. The van der Waals surface area contributed by atoms with Gasteiger partial charge in [-0.2, -0.15) is 5.10 Å². The molecule has 0 saturated carbocycles. The van der Waals surface area contributed by atoms with Crippen molar-refractivity contribution in [2.75, 3.05) is 22.3 Å². The maximum absolute atomic E-state index is 12.6. The topological polar surface area (TPSA) is 61.4 Å². The Hall–Kier alpha value is -1.84. The Morgan fingerprint density at radius 3 is 2.66 bits per heavy atom. The number of hydrogen-bond acceptors (Lipinski definition) is 5. The molecule has 2 heterocycles. The van der Waals surface area contributed by atoms with E-state index in [9.17, 15) is 4.79 Å². The van der Waals surface area contributed by atoms with E-state index >= 15 is 0 Å². The van der Waals surface area contributed by atoms with E-state index in [2.05, 4.69) is 71.2 Å². The van der Waals surface area contributed by atoms with Gasteiger partial charge in [0.25, 0.3) is 0 Å². The van der Waals surface area contributed by atoms with E-state index in [-0.39, 0.29) is 12.1 Å². The highest BCUT2D eigenvalue weighted by Crippen LogP contribution is 2.29. The van der Waals surface area contributed by atoms with Gasteiger partial charge in [-0.1, -0.05) is 56.8 Å². The smallest absolute Gasteiger partial charge is 0.332 e. The number of amides is 2. The summed E-state index contributed by atoms with van der Waals surface area (Å²) < 4.78 is 3.26. The van der Waals surface area contributed by atoms with Crippen LogP contribution in [-0.2, 0) is 0 Å². The molecular weight excluding hydrogens is 518 g/mol. The molecule has 9 heteroatoms. The number of nitrogens with zero attached hydrogens (tertiary/aromatic N) is 4. The Labute approximate surface area is 191 Å². The summed E-state index contributed by atoms with van der Waals surface area (Å²) in [6, 6.07) is 13.5. The molecule has 1 aromatic heterocycles. The van der Waals surface area contributed by atoms with Crippen molar-refractivity contribution in [2.24, 2.45) is 0 Å². The van der Waals surface area contributed by atoms with E-state index in [1.807, 2.05) is 36.4 Å². The molecule has 1 N–H and O–H groups in total. The van der Waals surface area contributed by atoms with Gasteiger partial charge in [-0.05, 0) is 43.2 Å². The molecule has 0 bridgehead atoms. The molecule has 0 spiro atoms. The predicted octanol–water partition coefficient (Wildman–Crippen LogP) is 5.18. The van der Waals surface area contributed by atoms with Crippen LogP contribution in [0.3, 0.4) is 0 Å². The summed E-state index contributed by atoms with van der Waals surface area (Å²) in [5.74, 6) is 0.888. The van der Waals surface area contributed by atoms with Gasteiger partial charge in [0.2, 0.25) is 0 Å². The van der Waals surface area contributed by atoms with Crippen LogP contribution in [0.15, 0.2) is 57.6 Å². The SMILES string of the molecule is O=C(NC1CCN(c2nncc3ccc(Br)cc23)CC1)N(S)c1cccc(Br)c1. The molecule has 3 aromatic rings. The van der Waals surface area contributed by atoms with Gasteiger partial charge in [0.15, 0.2) is 5.82 Å². The highest BCUT2D eigenvalue weighted by atomic mass is 79.9. The minimum atomic E-state index is -0.223. The third-order valence-electron chi connectivity index (χ3n) is 4.97. The number of thiol groups is 1. The van der Waals surface area contributed by atoms with Crippen LogP contribution < -0.4 is 14.5 Å². The molecule has 1 saturated heterocycles. The van der Waals surface area contributed by atoms with Crippen LogP contribution in [0.2, 0.25) is 0 Å². The molecule has 0 unspecified atom stereocenters. The lowest BCUT2D eigenvalue weighted by molar-refractivity contribution is 0.243. The Balaban J connectivity index is 1.40. The van der Waals surface area contributed by atoms with Gasteiger partial charge in [-0.3, -0.25) is 0 Å². The Kier molecular flexibility index (Phi) is 6.26. The van der Waals surface area contributed by atoms with E-state index in [1.54, 1.807) is 6.20 Å². The van der Waals surface area contributed by atoms with Gasteiger partial charge >= 0.3 is 6.03 Å². The first-order chi connectivity index (χ1) is 14.0. The fourth-order valence-corrected chi connectivity index (χ4v) is 4.39. The van der Waals surface area contributed by atoms with E-state index in [4.69, 9.17) is 0 Å². The van der Waals surface area contributed by atoms with Crippen molar-refractivity contribution in [2.45, 2.75) is 18.9 Å². The molecule has 2 amide bonds. The summed E-state index contributed by atoms with van der Waals surface area (Å²) >= 11 is 11.3. The molecule has 1 aliphatic rings. The molecule has 0 aliphatic carbocycles. The third-order valence-corrected chi connectivity index (χ3v) is 6.37. The van der Waals surface area contributed by atoms with E-state index in [1.165, 1.54) is 4.31 Å². The summed E-state index contributed by atoms with van der Waals surface area (Å²) in [5, 5.41) is 13.7. The van der Waals surface area contributed by atoms with E-state index < -0.39 is 0 Å². The van der Waals surface area contributed by atoms with Gasteiger partial charge < -0.3 is 10.2 Å². The standard InChI is InChI=1S/C20H19Br2N5OS/c21-14-2-1-3-17(10-14)27(29)20(28)24-16-6-8-26(9-7-16)19-18-11-15(22)5-4-13(18)12-23-25-19/h1-5,10-12,16,29H,6-9H2,(H,24,28). The Morgan fingerprint density at radius 1 is 1.14 bits per heavy atom. The number of rotatable bonds is 3. The van der Waals surface area contributed by atoms with Crippen LogP contribution in [-0.4, -0.2) is 35.4 Å². The number of urea groups is 1. The van der Waals surface area contributed by atoms with Crippen molar-refractivity contribution < 1.29 is 4.79 Å². The minimum absolute atomic E-state index is 0.0928. The number of hydrogen-bond donors (Lipinski definition) is 2. The molecule has 6 nitrogen and oxygen atoms in total. The Bertz CT molecular complexity index is 1040. The van der Waals surface area contributed by atoms with Crippen molar-refractivity contribution in [3.8, 4) is 0 Å². The van der Waals surface area contributed by atoms with Crippen LogP contribution in [0.1, 0.15) is 12.8 Å². The molecule has 2 aromatic carbocycles. The normalized spacial score (nSPS) is 14.8. The van der Waals surface area contributed by atoms with Gasteiger partial charge in [0.1, 0.15) is 0 Å². The number of anilines is 2. The van der Waals surface area contributed by atoms with Gasteiger partial charge in [-0.25, -0.2) is 9.10 Å². The summed E-state index contributed by atoms with van der Waals surface area (Å²) in [6.07, 6.45) is 3.44. The van der Waals surface area contributed by atoms with Crippen molar-refractivity contribution in [1.29, 1.82) is 0 Å². The number of carbonyl (C=O) groups is 1. The van der Waals surface area contributed by atoms with Gasteiger partial charge in [0.05, 0.1) is 11.9 Å². The number of benzene rings is 2. The number of carbonyl (C=O) groups excluding carboxylic acids is 1. The average molecular weight is 537 g/mol. The minimum Gasteiger partial charge on any atom is -0.354 e. The molecule has 1 aliphatic heterocycles. The second-order valence-corrected chi connectivity index (χ2v) is 9.13.